The van der Waals surface area contributed by atoms with E-state index in [0.717, 1.165) is 0 Å². The van der Waals surface area contributed by atoms with Gasteiger partial charge in [0.15, 0.2) is 0 Å². The Bertz CT molecular complexity index is 941. The number of hydrogen-bond acceptors (Lipinski definition) is 3. The first kappa shape index (κ1) is 18.2. The fraction of sp³-hybridized carbons (Fsp3) is 0.318. The molecule has 0 radical (unpaired) electrons. The Kier molecular flexibility index (Phi) is 4.41. The topological polar surface area (TPSA) is 69.7 Å². The van der Waals surface area contributed by atoms with Gasteiger partial charge in [0.2, 0.25) is 11.6 Å². The molecule has 144 valence electrons. The molecule has 3 amide bonds. The van der Waals surface area contributed by atoms with Crippen LogP contribution in [0.2, 0.25) is 0 Å². The summed E-state index contributed by atoms with van der Waals surface area (Å²) < 4.78 is 0. The van der Waals surface area contributed by atoms with Gasteiger partial charge in [0, 0.05) is 25.1 Å². The molecule has 0 spiro atoms. The Balaban J connectivity index is 1.86. The lowest BCUT2D eigenvalue weighted by Gasteiger charge is -2.49. The zero-order valence-electron chi connectivity index (χ0n) is 16.0. The van der Waals surface area contributed by atoms with E-state index < -0.39 is 5.66 Å². The second kappa shape index (κ2) is 6.78. The van der Waals surface area contributed by atoms with Gasteiger partial charge in [-0.05, 0) is 30.2 Å². The van der Waals surface area contributed by atoms with Gasteiger partial charge in [-0.2, -0.15) is 0 Å². The summed E-state index contributed by atoms with van der Waals surface area (Å²) in [5, 5.41) is 2.92. The minimum atomic E-state index is -1.34. The van der Waals surface area contributed by atoms with Gasteiger partial charge in [-0.15, -0.1) is 0 Å². The van der Waals surface area contributed by atoms with Crippen LogP contribution in [0.5, 0.6) is 0 Å². The molecule has 2 aliphatic rings. The second-order valence-electron chi connectivity index (χ2n) is 7.69. The second-order valence-corrected chi connectivity index (χ2v) is 7.69. The van der Waals surface area contributed by atoms with Crippen molar-refractivity contribution in [2.24, 2.45) is 5.92 Å². The number of nitrogens with zero attached hydrogens (tertiary/aromatic N) is 2. The highest BCUT2D eigenvalue weighted by atomic mass is 16.2. The minimum Gasteiger partial charge on any atom is -0.322 e. The van der Waals surface area contributed by atoms with Crippen molar-refractivity contribution < 1.29 is 14.4 Å². The molecule has 28 heavy (non-hydrogen) atoms. The maximum absolute atomic E-state index is 13.6. The maximum Gasteiger partial charge on any atom is 0.271 e. The predicted octanol–water partition coefficient (Wildman–Crippen LogP) is 3.26. The highest BCUT2D eigenvalue weighted by molar-refractivity contribution is 6.18. The molecule has 1 fully saturated rings. The van der Waals surface area contributed by atoms with Crippen LogP contribution in [0.25, 0.3) is 0 Å². The van der Waals surface area contributed by atoms with Gasteiger partial charge in [0.25, 0.3) is 11.8 Å². The average Bonchev–Trinajstić information content (AvgIpc) is 3.04. The van der Waals surface area contributed by atoms with E-state index in [0.29, 0.717) is 23.5 Å². The first-order valence-corrected chi connectivity index (χ1v) is 9.55. The Hall–Kier alpha value is -3.15. The van der Waals surface area contributed by atoms with E-state index in [-0.39, 0.29) is 36.5 Å². The number of hydrogen-bond donors (Lipinski definition) is 1. The van der Waals surface area contributed by atoms with Crippen LogP contribution in [0.1, 0.15) is 37.0 Å². The van der Waals surface area contributed by atoms with Crippen LogP contribution in [0.15, 0.2) is 54.6 Å². The first-order chi connectivity index (χ1) is 13.4. The van der Waals surface area contributed by atoms with Crippen LogP contribution < -0.4 is 10.2 Å². The standard InChI is InChI=1S/C22H23N3O3/c1-15(2)14-24-20(27)17-10-6-7-11-18(17)25-19(26)12-13-22(24,25)21(28)23-16-8-4-3-5-9-16/h3-11,15H,12-14H2,1-2H3,(H,23,28)/t22-/m1/s1. The normalized spacial score (nSPS) is 21.0. The molecule has 4 rings (SSSR count). The number of carbonyl (C=O) groups excluding carboxylic acids is 3. The summed E-state index contributed by atoms with van der Waals surface area (Å²) in [4.78, 5) is 42.9. The molecule has 2 aliphatic heterocycles. The van der Waals surface area contributed by atoms with Crippen LogP contribution in [-0.4, -0.2) is 34.8 Å². The summed E-state index contributed by atoms with van der Waals surface area (Å²) in [5.41, 5.74) is 0.263. The fourth-order valence-corrected chi connectivity index (χ4v) is 4.15. The third kappa shape index (κ3) is 2.68. The molecule has 0 unspecified atom stereocenters. The van der Waals surface area contributed by atoms with Crippen molar-refractivity contribution in [3.63, 3.8) is 0 Å². The molecular weight excluding hydrogens is 354 g/mol. The quantitative estimate of drug-likeness (QED) is 0.889. The van der Waals surface area contributed by atoms with Crippen molar-refractivity contribution in [1.29, 1.82) is 0 Å². The van der Waals surface area contributed by atoms with Gasteiger partial charge in [-0.1, -0.05) is 44.2 Å². The Morgan fingerprint density at radius 2 is 1.75 bits per heavy atom. The van der Waals surface area contributed by atoms with Crippen LogP contribution in [0.4, 0.5) is 11.4 Å². The van der Waals surface area contributed by atoms with E-state index in [1.165, 1.54) is 4.90 Å². The molecule has 0 saturated carbocycles. The van der Waals surface area contributed by atoms with Crippen molar-refractivity contribution in [2.45, 2.75) is 32.4 Å². The average molecular weight is 377 g/mol. The number of fused-ring (bicyclic) bond motifs is 3. The van der Waals surface area contributed by atoms with E-state index in [2.05, 4.69) is 5.32 Å². The van der Waals surface area contributed by atoms with Gasteiger partial charge >= 0.3 is 0 Å². The van der Waals surface area contributed by atoms with Crippen molar-refractivity contribution in [1.82, 2.24) is 4.90 Å². The van der Waals surface area contributed by atoms with E-state index in [4.69, 9.17) is 0 Å². The van der Waals surface area contributed by atoms with Gasteiger partial charge in [-0.3, -0.25) is 19.3 Å². The molecule has 0 bridgehead atoms. The molecule has 1 N–H and O–H groups in total. The summed E-state index contributed by atoms with van der Waals surface area (Å²) >= 11 is 0. The van der Waals surface area contributed by atoms with Gasteiger partial charge in [0.1, 0.15) is 0 Å². The first-order valence-electron chi connectivity index (χ1n) is 9.55. The van der Waals surface area contributed by atoms with E-state index in [1.54, 1.807) is 41.3 Å². The minimum absolute atomic E-state index is 0.142. The number of benzene rings is 2. The van der Waals surface area contributed by atoms with Crippen molar-refractivity contribution >= 4 is 29.1 Å². The smallest absolute Gasteiger partial charge is 0.271 e. The van der Waals surface area contributed by atoms with Gasteiger partial charge in [-0.25, -0.2) is 0 Å². The Morgan fingerprint density at radius 1 is 1.07 bits per heavy atom. The lowest BCUT2D eigenvalue weighted by atomic mass is 9.94. The SMILES string of the molecule is CC(C)CN1C(=O)c2ccccc2N2C(=O)CC[C@@]12C(=O)Nc1ccccc1. The number of amides is 3. The molecule has 2 aromatic rings. The highest BCUT2D eigenvalue weighted by Gasteiger charge is 2.60. The Labute approximate surface area is 164 Å². The van der Waals surface area contributed by atoms with E-state index >= 15 is 0 Å². The van der Waals surface area contributed by atoms with Crippen molar-refractivity contribution in [3.8, 4) is 0 Å². The summed E-state index contributed by atoms with van der Waals surface area (Å²) in [7, 11) is 0. The number of rotatable bonds is 4. The molecule has 2 heterocycles. The number of para-hydroxylation sites is 2. The Morgan fingerprint density at radius 3 is 2.46 bits per heavy atom. The summed E-state index contributed by atoms with van der Waals surface area (Å²) in [6.45, 7) is 4.38. The maximum atomic E-state index is 13.6. The van der Waals surface area contributed by atoms with Crippen LogP contribution in [0, 0.1) is 5.92 Å². The third-order valence-corrected chi connectivity index (χ3v) is 5.32. The largest absolute Gasteiger partial charge is 0.322 e. The van der Waals surface area contributed by atoms with Crippen molar-refractivity contribution in [3.05, 3.63) is 60.2 Å². The summed E-state index contributed by atoms with van der Waals surface area (Å²) in [6, 6.07) is 16.1. The molecular formula is C22H23N3O3. The molecule has 0 aliphatic carbocycles. The lowest BCUT2D eigenvalue weighted by molar-refractivity contribution is -0.129. The number of nitrogens with one attached hydrogen (secondary N) is 1. The lowest BCUT2D eigenvalue weighted by Crippen LogP contribution is -2.69. The van der Waals surface area contributed by atoms with Crippen LogP contribution in [-0.2, 0) is 9.59 Å². The molecule has 6 nitrogen and oxygen atoms in total. The number of anilines is 2. The van der Waals surface area contributed by atoms with Crippen molar-refractivity contribution in [2.75, 3.05) is 16.8 Å². The zero-order chi connectivity index (χ0) is 19.9. The van der Waals surface area contributed by atoms with Gasteiger partial charge < -0.3 is 10.2 Å². The summed E-state index contributed by atoms with van der Waals surface area (Å²) in [6.07, 6.45) is 0.496. The van der Waals surface area contributed by atoms with E-state index in [1.807, 2.05) is 32.0 Å². The monoisotopic (exact) mass is 377 g/mol. The van der Waals surface area contributed by atoms with Crippen LogP contribution in [0.3, 0.4) is 0 Å². The fourth-order valence-electron chi connectivity index (χ4n) is 4.15. The van der Waals surface area contributed by atoms with Gasteiger partial charge in [0.05, 0.1) is 11.3 Å². The van der Waals surface area contributed by atoms with Crippen LogP contribution >= 0.6 is 0 Å². The molecule has 1 saturated heterocycles. The third-order valence-electron chi connectivity index (χ3n) is 5.32. The molecule has 6 heteroatoms. The predicted molar refractivity (Wildman–Crippen MR) is 107 cm³/mol. The molecule has 1 atom stereocenters. The molecule has 0 aromatic heterocycles. The van der Waals surface area contributed by atoms with E-state index in [9.17, 15) is 14.4 Å². The zero-order valence-corrected chi connectivity index (χ0v) is 16.0. The summed E-state index contributed by atoms with van der Waals surface area (Å²) in [5.74, 6) is -0.559. The number of carbonyl (C=O) groups is 3. The highest BCUT2D eigenvalue weighted by Crippen LogP contribution is 2.45. The molecule has 2 aromatic carbocycles.